The average molecular weight is 362 g/mol. The van der Waals surface area contributed by atoms with Crippen molar-refractivity contribution < 1.29 is 19.2 Å². The summed E-state index contributed by atoms with van der Waals surface area (Å²) >= 11 is 1.73. The number of methoxy groups -OCH3 is 1. The number of morpholine rings is 1. The number of urea groups is 1. The lowest BCUT2D eigenvalue weighted by Crippen LogP contribution is -3.15. The molecule has 1 fully saturated rings. The summed E-state index contributed by atoms with van der Waals surface area (Å²) in [5, 5.41) is 7.95. The fourth-order valence-electron chi connectivity index (χ4n) is 3.03. The highest BCUT2D eigenvalue weighted by atomic mass is 32.1. The molecule has 1 saturated heterocycles. The van der Waals surface area contributed by atoms with Crippen molar-refractivity contribution in [1.29, 1.82) is 0 Å². The molecular weight excluding hydrogens is 338 g/mol. The van der Waals surface area contributed by atoms with Crippen molar-refractivity contribution in [3.63, 3.8) is 0 Å². The van der Waals surface area contributed by atoms with E-state index in [-0.39, 0.29) is 12.1 Å². The minimum atomic E-state index is -0.223. The number of rotatable bonds is 6. The van der Waals surface area contributed by atoms with Crippen LogP contribution in [0.5, 0.6) is 5.75 Å². The van der Waals surface area contributed by atoms with Gasteiger partial charge < -0.3 is 25.0 Å². The van der Waals surface area contributed by atoms with Gasteiger partial charge in [-0.1, -0.05) is 18.2 Å². The predicted octanol–water partition coefficient (Wildman–Crippen LogP) is 1.53. The van der Waals surface area contributed by atoms with Gasteiger partial charge in [-0.3, -0.25) is 0 Å². The van der Waals surface area contributed by atoms with Crippen LogP contribution in [-0.2, 0) is 4.74 Å². The number of amides is 2. The molecule has 1 aromatic heterocycles. The van der Waals surface area contributed by atoms with E-state index in [2.05, 4.69) is 28.1 Å². The van der Waals surface area contributed by atoms with Gasteiger partial charge in [-0.05, 0) is 23.6 Å². The SMILES string of the molecule is COc1ccccc1NC(=O)NC[C@@H](c1cccs1)[NH+]1CCOCC1. The first-order valence-electron chi connectivity index (χ1n) is 8.41. The lowest BCUT2D eigenvalue weighted by atomic mass is 10.2. The van der Waals surface area contributed by atoms with Crippen molar-refractivity contribution in [1.82, 2.24) is 5.32 Å². The number of benzene rings is 1. The van der Waals surface area contributed by atoms with Gasteiger partial charge in [-0.15, -0.1) is 11.3 Å². The fraction of sp³-hybridized carbons (Fsp3) is 0.389. The van der Waals surface area contributed by atoms with Crippen LogP contribution in [-0.4, -0.2) is 46.0 Å². The Morgan fingerprint density at radius 1 is 1.28 bits per heavy atom. The van der Waals surface area contributed by atoms with Gasteiger partial charge in [-0.25, -0.2) is 4.79 Å². The second kappa shape index (κ2) is 8.84. The Hall–Kier alpha value is -2.09. The third-order valence-corrected chi connectivity index (χ3v) is 5.32. The highest BCUT2D eigenvalue weighted by Gasteiger charge is 2.27. The van der Waals surface area contributed by atoms with Crippen LogP contribution in [0.1, 0.15) is 10.9 Å². The third kappa shape index (κ3) is 4.72. The maximum atomic E-state index is 12.3. The molecule has 1 aromatic carbocycles. The Bertz CT molecular complexity index is 672. The van der Waals surface area contributed by atoms with Gasteiger partial charge in [0, 0.05) is 0 Å². The highest BCUT2D eigenvalue weighted by Crippen LogP contribution is 2.22. The molecule has 7 heteroatoms. The zero-order valence-electron chi connectivity index (χ0n) is 14.3. The van der Waals surface area contributed by atoms with E-state index in [9.17, 15) is 4.79 Å². The molecule has 0 spiro atoms. The van der Waals surface area contributed by atoms with Crippen molar-refractivity contribution in [2.24, 2.45) is 0 Å². The van der Waals surface area contributed by atoms with Crippen LogP contribution in [0.2, 0.25) is 0 Å². The van der Waals surface area contributed by atoms with Gasteiger partial charge >= 0.3 is 6.03 Å². The molecule has 0 bridgehead atoms. The van der Waals surface area contributed by atoms with E-state index in [4.69, 9.17) is 9.47 Å². The first-order chi connectivity index (χ1) is 12.3. The van der Waals surface area contributed by atoms with Crippen LogP contribution in [0.3, 0.4) is 0 Å². The molecule has 134 valence electrons. The van der Waals surface area contributed by atoms with Crippen LogP contribution in [0.15, 0.2) is 41.8 Å². The second-order valence-electron chi connectivity index (χ2n) is 5.87. The average Bonchev–Trinajstić information content (AvgIpc) is 3.18. The first kappa shape index (κ1) is 17.7. The molecule has 25 heavy (non-hydrogen) atoms. The molecule has 1 aliphatic heterocycles. The molecule has 3 N–H and O–H groups in total. The van der Waals surface area contributed by atoms with Crippen molar-refractivity contribution >= 4 is 23.1 Å². The number of anilines is 1. The minimum absolute atomic E-state index is 0.223. The number of hydrogen-bond donors (Lipinski definition) is 3. The van der Waals surface area contributed by atoms with E-state index in [1.54, 1.807) is 18.4 Å². The summed E-state index contributed by atoms with van der Waals surface area (Å²) in [7, 11) is 1.59. The summed E-state index contributed by atoms with van der Waals surface area (Å²) in [5.74, 6) is 0.645. The van der Waals surface area contributed by atoms with Crippen molar-refractivity contribution in [3.05, 3.63) is 46.7 Å². The summed E-state index contributed by atoms with van der Waals surface area (Å²) in [5.41, 5.74) is 0.661. The molecule has 0 unspecified atom stereocenters. The maximum Gasteiger partial charge on any atom is 0.319 e. The van der Waals surface area contributed by atoms with E-state index in [0.717, 1.165) is 26.3 Å². The number of carbonyl (C=O) groups is 1. The van der Waals surface area contributed by atoms with E-state index in [1.165, 1.54) is 9.78 Å². The first-order valence-corrected chi connectivity index (χ1v) is 9.29. The number of para-hydroxylation sites is 2. The lowest BCUT2D eigenvalue weighted by molar-refractivity contribution is -0.937. The fourth-order valence-corrected chi connectivity index (χ4v) is 3.91. The Balaban J connectivity index is 1.61. The van der Waals surface area contributed by atoms with Crippen LogP contribution in [0.4, 0.5) is 10.5 Å². The smallest absolute Gasteiger partial charge is 0.319 e. The topological polar surface area (TPSA) is 64.0 Å². The van der Waals surface area contributed by atoms with Gasteiger partial charge in [0.2, 0.25) is 0 Å². The summed E-state index contributed by atoms with van der Waals surface area (Å²) in [6, 6.07) is 11.6. The molecule has 2 aromatic rings. The van der Waals surface area contributed by atoms with E-state index in [1.807, 2.05) is 24.3 Å². The number of thiophene rings is 1. The summed E-state index contributed by atoms with van der Waals surface area (Å²) < 4.78 is 10.7. The molecule has 1 aliphatic rings. The largest absolute Gasteiger partial charge is 0.495 e. The standard InChI is InChI=1S/C18H23N3O3S/c1-23-16-6-3-2-5-14(16)20-18(22)19-13-15(17-7-4-12-25-17)21-8-10-24-11-9-21/h2-7,12,15H,8-11,13H2,1H3,(H2,19,20,22)/p+1/t15-/m0/s1. The Morgan fingerprint density at radius 2 is 2.08 bits per heavy atom. The van der Waals surface area contributed by atoms with Crippen LogP contribution < -0.4 is 20.3 Å². The van der Waals surface area contributed by atoms with E-state index >= 15 is 0 Å². The molecule has 6 nitrogen and oxygen atoms in total. The minimum Gasteiger partial charge on any atom is -0.495 e. The molecule has 2 amide bonds. The van der Waals surface area contributed by atoms with Crippen molar-refractivity contribution in [2.45, 2.75) is 6.04 Å². The zero-order valence-corrected chi connectivity index (χ0v) is 15.1. The monoisotopic (exact) mass is 362 g/mol. The van der Waals surface area contributed by atoms with Crippen molar-refractivity contribution in [3.8, 4) is 5.75 Å². The van der Waals surface area contributed by atoms with Crippen LogP contribution in [0.25, 0.3) is 0 Å². The number of ether oxygens (including phenoxy) is 2. The van der Waals surface area contributed by atoms with Gasteiger partial charge in [0.05, 0.1) is 37.4 Å². The molecular formula is C18H24N3O3S+. The normalized spacial score (nSPS) is 16.2. The Labute approximate surface area is 151 Å². The van der Waals surface area contributed by atoms with Gasteiger partial charge in [-0.2, -0.15) is 0 Å². The molecule has 2 heterocycles. The third-order valence-electron chi connectivity index (χ3n) is 4.34. The second-order valence-corrected chi connectivity index (χ2v) is 6.85. The molecule has 0 radical (unpaired) electrons. The molecule has 0 aliphatic carbocycles. The van der Waals surface area contributed by atoms with E-state index in [0.29, 0.717) is 18.0 Å². The highest BCUT2D eigenvalue weighted by molar-refractivity contribution is 7.10. The summed E-state index contributed by atoms with van der Waals surface area (Å²) in [6.07, 6.45) is 0. The molecule has 3 rings (SSSR count). The zero-order chi connectivity index (χ0) is 17.5. The number of quaternary nitrogens is 1. The summed E-state index contributed by atoms with van der Waals surface area (Å²) in [6.45, 7) is 4.03. The predicted molar refractivity (Wildman–Crippen MR) is 98.6 cm³/mol. The summed E-state index contributed by atoms with van der Waals surface area (Å²) in [4.78, 5) is 15.1. The maximum absolute atomic E-state index is 12.3. The molecule has 0 saturated carbocycles. The van der Waals surface area contributed by atoms with Gasteiger partial charge in [0.25, 0.3) is 0 Å². The van der Waals surface area contributed by atoms with Gasteiger partial charge in [0.1, 0.15) is 24.9 Å². The quantitative estimate of drug-likeness (QED) is 0.730. The number of hydrogen-bond acceptors (Lipinski definition) is 4. The number of carbonyl (C=O) groups excluding carboxylic acids is 1. The van der Waals surface area contributed by atoms with Crippen LogP contribution >= 0.6 is 11.3 Å². The molecule has 1 atom stereocenters. The van der Waals surface area contributed by atoms with Crippen molar-refractivity contribution in [2.75, 3.05) is 45.3 Å². The Morgan fingerprint density at radius 3 is 2.80 bits per heavy atom. The van der Waals surface area contributed by atoms with Gasteiger partial charge in [0.15, 0.2) is 0 Å². The van der Waals surface area contributed by atoms with E-state index < -0.39 is 0 Å². The lowest BCUT2D eigenvalue weighted by Gasteiger charge is -2.31. The van der Waals surface area contributed by atoms with Crippen LogP contribution in [0, 0.1) is 0 Å². The number of nitrogens with one attached hydrogen (secondary N) is 3. The Kier molecular flexibility index (Phi) is 6.27.